The fourth-order valence-electron chi connectivity index (χ4n) is 6.31. The quantitative estimate of drug-likeness (QED) is 0.282. The van der Waals surface area contributed by atoms with Gasteiger partial charge in [-0.2, -0.15) is 18.3 Å². The number of nitrogens with one attached hydrogen (secondary N) is 2. The lowest BCUT2D eigenvalue weighted by Crippen LogP contribution is -2.37. The summed E-state index contributed by atoms with van der Waals surface area (Å²) in [6.45, 7) is 0.527. The lowest BCUT2D eigenvalue weighted by molar-refractivity contribution is -0.144. The molecule has 3 aliphatic rings. The van der Waals surface area contributed by atoms with Crippen LogP contribution in [-0.2, 0) is 9.59 Å². The van der Waals surface area contributed by atoms with Crippen LogP contribution < -0.4 is 15.5 Å². The topological polar surface area (TPSA) is 122 Å². The first-order chi connectivity index (χ1) is 21.8. The number of halogens is 5. The number of fused-ring (bicyclic) bond motifs is 1. The van der Waals surface area contributed by atoms with Gasteiger partial charge < -0.3 is 15.5 Å². The molecule has 1 aliphatic heterocycles. The van der Waals surface area contributed by atoms with Crippen molar-refractivity contribution in [3.8, 4) is 0 Å². The van der Waals surface area contributed by atoms with Gasteiger partial charge in [0, 0.05) is 38.4 Å². The summed E-state index contributed by atoms with van der Waals surface area (Å²) in [5.41, 5.74) is 2.08. The van der Waals surface area contributed by atoms with E-state index in [-0.39, 0.29) is 49.0 Å². The second-order valence-electron chi connectivity index (χ2n) is 12.5. The molecule has 3 fully saturated rings. The van der Waals surface area contributed by atoms with E-state index in [0.717, 1.165) is 12.8 Å². The summed E-state index contributed by atoms with van der Waals surface area (Å²) in [7, 11) is 0. The first-order valence-electron chi connectivity index (χ1n) is 15.5. The highest BCUT2D eigenvalue weighted by Crippen LogP contribution is 2.43. The van der Waals surface area contributed by atoms with Gasteiger partial charge in [-0.15, -0.1) is 0 Å². The average molecular weight is 648 g/mol. The van der Waals surface area contributed by atoms with Crippen molar-refractivity contribution in [1.29, 1.82) is 0 Å². The minimum absolute atomic E-state index is 0.0539. The highest BCUT2D eigenvalue weighted by molar-refractivity contribution is 5.98. The number of rotatable bonds is 10. The van der Waals surface area contributed by atoms with Gasteiger partial charge in [0.1, 0.15) is 0 Å². The number of carbonyl (C=O) groups excluding carboxylic acids is 3. The molecule has 2 N–H and O–H groups in total. The van der Waals surface area contributed by atoms with Gasteiger partial charge in [-0.05, 0) is 61.6 Å². The highest BCUT2D eigenvalue weighted by Gasteiger charge is 2.40. The van der Waals surface area contributed by atoms with Gasteiger partial charge >= 0.3 is 6.18 Å². The normalized spacial score (nSPS) is 20.1. The van der Waals surface area contributed by atoms with Crippen molar-refractivity contribution < 1.29 is 36.3 Å². The predicted molar refractivity (Wildman–Crippen MR) is 155 cm³/mol. The summed E-state index contributed by atoms with van der Waals surface area (Å²) >= 11 is 0. The van der Waals surface area contributed by atoms with Crippen LogP contribution in [-0.4, -0.2) is 55.9 Å². The molecule has 2 saturated carbocycles. The third kappa shape index (κ3) is 7.44. The first kappa shape index (κ1) is 31.8. The van der Waals surface area contributed by atoms with E-state index < -0.39 is 48.8 Å². The Labute approximate surface area is 261 Å². The zero-order valence-corrected chi connectivity index (χ0v) is 24.9. The van der Waals surface area contributed by atoms with Crippen molar-refractivity contribution in [2.45, 2.75) is 88.4 Å². The average Bonchev–Trinajstić information content (AvgIpc) is 3.62. The maximum Gasteiger partial charge on any atom is 0.389 e. The number of amides is 3. The van der Waals surface area contributed by atoms with Gasteiger partial charge in [0.15, 0.2) is 5.65 Å². The maximum absolute atomic E-state index is 14.1. The van der Waals surface area contributed by atoms with Gasteiger partial charge in [0.25, 0.3) is 5.91 Å². The van der Waals surface area contributed by atoms with E-state index >= 15 is 0 Å². The molecule has 0 unspecified atom stereocenters. The van der Waals surface area contributed by atoms with E-state index in [1.54, 1.807) is 23.2 Å². The summed E-state index contributed by atoms with van der Waals surface area (Å²) in [4.78, 5) is 48.6. The molecular formula is C31H34F5N7O3. The van der Waals surface area contributed by atoms with Crippen LogP contribution in [0.15, 0.2) is 36.9 Å². The van der Waals surface area contributed by atoms with Gasteiger partial charge in [0.05, 0.1) is 54.0 Å². The Morgan fingerprint density at radius 3 is 2.41 bits per heavy atom. The number of aromatic nitrogens is 4. The summed E-state index contributed by atoms with van der Waals surface area (Å²) in [6, 6.07) is 2.00. The lowest BCUT2D eigenvalue weighted by Gasteiger charge is -2.33. The summed E-state index contributed by atoms with van der Waals surface area (Å²) in [6.07, 6.45) is 2.08. The monoisotopic (exact) mass is 647 g/mol. The number of alkyl halides is 5. The molecule has 6 rings (SSSR count). The van der Waals surface area contributed by atoms with Gasteiger partial charge in [-0.25, -0.2) is 18.3 Å². The van der Waals surface area contributed by atoms with E-state index in [1.807, 2.05) is 0 Å². The third-order valence-electron chi connectivity index (χ3n) is 8.97. The third-order valence-corrected chi connectivity index (χ3v) is 8.97. The van der Waals surface area contributed by atoms with Crippen molar-refractivity contribution in [3.63, 3.8) is 0 Å². The molecule has 10 nitrogen and oxygen atoms in total. The lowest BCUT2D eigenvalue weighted by atomic mass is 9.81. The van der Waals surface area contributed by atoms with Gasteiger partial charge in [-0.3, -0.25) is 19.4 Å². The molecule has 15 heteroatoms. The Hall–Kier alpha value is -4.17. The number of carbonyl (C=O) groups is 3. The second kappa shape index (κ2) is 12.6. The molecule has 3 aromatic rings. The molecule has 0 spiro atoms. The fraction of sp³-hybridized carbons (Fsp3) is 0.548. The fourth-order valence-corrected chi connectivity index (χ4v) is 6.31. The number of nitrogens with zero attached hydrogens (tertiary/aromatic N) is 5. The van der Waals surface area contributed by atoms with Gasteiger partial charge in [0.2, 0.25) is 17.7 Å². The van der Waals surface area contributed by atoms with Crippen molar-refractivity contribution in [2.75, 3.05) is 11.4 Å². The maximum atomic E-state index is 14.1. The molecule has 246 valence electrons. The highest BCUT2D eigenvalue weighted by atomic mass is 19.4. The molecule has 46 heavy (non-hydrogen) atoms. The van der Waals surface area contributed by atoms with E-state index in [4.69, 9.17) is 4.98 Å². The molecule has 0 aromatic carbocycles. The summed E-state index contributed by atoms with van der Waals surface area (Å²) in [5, 5.41) is 10.1. The Morgan fingerprint density at radius 1 is 1.00 bits per heavy atom. The Kier molecular flexibility index (Phi) is 8.68. The molecular weight excluding hydrogens is 613 g/mol. The molecule has 0 radical (unpaired) electrons. The van der Waals surface area contributed by atoms with Crippen LogP contribution in [0.4, 0.5) is 27.6 Å². The van der Waals surface area contributed by atoms with Crippen LogP contribution in [0.25, 0.3) is 5.65 Å². The summed E-state index contributed by atoms with van der Waals surface area (Å²) < 4.78 is 67.6. The molecule has 1 saturated heterocycles. The minimum atomic E-state index is -4.44. The summed E-state index contributed by atoms with van der Waals surface area (Å²) in [5.74, 6) is -4.33. The molecule has 2 aliphatic carbocycles. The number of imidazole rings is 1. The Balaban J connectivity index is 1.25. The van der Waals surface area contributed by atoms with Crippen LogP contribution in [0.1, 0.15) is 97.9 Å². The second-order valence-corrected chi connectivity index (χ2v) is 12.5. The van der Waals surface area contributed by atoms with Crippen LogP contribution >= 0.6 is 0 Å². The molecule has 4 heterocycles. The van der Waals surface area contributed by atoms with Crippen molar-refractivity contribution in [3.05, 3.63) is 53.7 Å². The van der Waals surface area contributed by atoms with Gasteiger partial charge in [-0.1, -0.05) is 0 Å². The first-order valence-corrected chi connectivity index (χ1v) is 15.5. The predicted octanol–water partition coefficient (Wildman–Crippen LogP) is 5.46. The zero-order valence-electron chi connectivity index (χ0n) is 24.9. The number of hydrogen-bond donors (Lipinski definition) is 2. The number of pyridine rings is 1. The standard InChI is InChI=1S/C31H34F5N7O3/c32-30(33)8-5-19(6-9-30)28(41-29(46)21-12-22(16-37-14-21)42-11-1-2-26(42)45)23-17-43-24(39-23)13-20(15-38-43)27(18-3-4-18)40-25(44)7-10-31(34,35)36/h12-19,27-28H,1-11H2,(H,40,44)(H,41,46)/t27-,28+/m1/s1. The van der Waals surface area contributed by atoms with E-state index in [1.165, 1.54) is 23.1 Å². The number of hydrogen-bond acceptors (Lipinski definition) is 6. The van der Waals surface area contributed by atoms with E-state index in [0.29, 0.717) is 42.0 Å². The SMILES string of the molecule is O=C(CCC(F)(F)F)N[C@@H](c1cnn2cc([C@@H](NC(=O)c3cncc(N4CCCC4=O)c3)C3CCC(F)(F)CC3)nc2c1)C1CC1. The van der Waals surface area contributed by atoms with Crippen molar-refractivity contribution in [1.82, 2.24) is 30.2 Å². The molecule has 2 atom stereocenters. The molecule has 3 aromatic heterocycles. The van der Waals surface area contributed by atoms with Crippen molar-refractivity contribution >= 4 is 29.1 Å². The van der Waals surface area contributed by atoms with Crippen LogP contribution in [0.3, 0.4) is 0 Å². The van der Waals surface area contributed by atoms with E-state index in [2.05, 4.69) is 20.7 Å². The smallest absolute Gasteiger partial charge is 0.349 e. The van der Waals surface area contributed by atoms with E-state index in [9.17, 15) is 36.3 Å². The molecule has 0 bridgehead atoms. The Morgan fingerprint density at radius 2 is 1.74 bits per heavy atom. The van der Waals surface area contributed by atoms with Crippen LogP contribution in [0.5, 0.6) is 0 Å². The largest absolute Gasteiger partial charge is 0.389 e. The van der Waals surface area contributed by atoms with Crippen molar-refractivity contribution in [2.24, 2.45) is 11.8 Å². The van der Waals surface area contributed by atoms with Crippen LogP contribution in [0.2, 0.25) is 0 Å². The number of anilines is 1. The zero-order chi connectivity index (χ0) is 32.6. The molecule has 3 amide bonds. The Bertz CT molecular complexity index is 1610. The minimum Gasteiger partial charge on any atom is -0.349 e. The van der Waals surface area contributed by atoms with Crippen LogP contribution in [0, 0.1) is 11.8 Å².